The second-order valence-electron chi connectivity index (χ2n) is 4.63. The summed E-state index contributed by atoms with van der Waals surface area (Å²) in [5.74, 6) is 1.22. The largest absolute Gasteiger partial charge is 0.497 e. The number of carbonyl (C=O) groups is 1. The monoisotopic (exact) mass is 249 g/mol. The number of ketones is 1. The summed E-state index contributed by atoms with van der Waals surface area (Å²) >= 11 is 0. The standard InChI is InChI=1S/C14H19NO3/c1-17-9-6-7-13(18-2)11(8-9)14(16)10-4-3-5-12(10)15/h6-8,10,12H,3-5,15H2,1-2H3. The number of nitrogens with two attached hydrogens (primary N) is 1. The molecule has 0 amide bonds. The van der Waals surface area contributed by atoms with Gasteiger partial charge in [-0.15, -0.1) is 0 Å². The van der Waals surface area contributed by atoms with Gasteiger partial charge in [-0.05, 0) is 31.0 Å². The quantitative estimate of drug-likeness (QED) is 0.829. The van der Waals surface area contributed by atoms with Gasteiger partial charge >= 0.3 is 0 Å². The van der Waals surface area contributed by atoms with Gasteiger partial charge in [0, 0.05) is 12.0 Å². The lowest BCUT2D eigenvalue weighted by molar-refractivity contribution is 0.0910. The molecule has 4 heteroatoms. The van der Waals surface area contributed by atoms with Crippen LogP contribution in [0, 0.1) is 5.92 Å². The van der Waals surface area contributed by atoms with E-state index in [1.807, 2.05) is 0 Å². The average Bonchev–Trinajstić information content (AvgIpc) is 2.83. The van der Waals surface area contributed by atoms with Crippen molar-refractivity contribution < 1.29 is 14.3 Å². The second kappa shape index (κ2) is 5.40. The van der Waals surface area contributed by atoms with Gasteiger partial charge in [-0.2, -0.15) is 0 Å². The molecular weight excluding hydrogens is 230 g/mol. The predicted octanol–water partition coefficient (Wildman–Crippen LogP) is 2.01. The van der Waals surface area contributed by atoms with Crippen LogP contribution < -0.4 is 15.2 Å². The van der Waals surface area contributed by atoms with Crippen LogP contribution in [0.2, 0.25) is 0 Å². The number of Topliss-reactive ketones (excluding diaryl/α,β-unsaturated/α-hetero) is 1. The molecule has 98 valence electrons. The summed E-state index contributed by atoms with van der Waals surface area (Å²) in [5.41, 5.74) is 6.56. The highest BCUT2D eigenvalue weighted by Crippen LogP contribution is 2.32. The van der Waals surface area contributed by atoms with Crippen LogP contribution in [0.1, 0.15) is 29.6 Å². The lowest BCUT2D eigenvalue weighted by Gasteiger charge is -2.16. The zero-order valence-electron chi connectivity index (χ0n) is 10.8. The van der Waals surface area contributed by atoms with Gasteiger partial charge in [-0.1, -0.05) is 6.42 Å². The van der Waals surface area contributed by atoms with E-state index in [9.17, 15) is 4.79 Å². The highest BCUT2D eigenvalue weighted by Gasteiger charge is 2.32. The van der Waals surface area contributed by atoms with Gasteiger partial charge in [0.2, 0.25) is 0 Å². The summed E-state index contributed by atoms with van der Waals surface area (Å²) < 4.78 is 10.4. The normalized spacial score (nSPS) is 22.8. The maximum atomic E-state index is 12.5. The molecule has 2 rings (SSSR count). The third kappa shape index (κ3) is 2.34. The lowest BCUT2D eigenvalue weighted by Crippen LogP contribution is -2.30. The van der Waals surface area contributed by atoms with Gasteiger partial charge in [-0.3, -0.25) is 4.79 Å². The molecule has 0 aliphatic heterocycles. The van der Waals surface area contributed by atoms with Crippen LogP contribution in [0.25, 0.3) is 0 Å². The van der Waals surface area contributed by atoms with E-state index >= 15 is 0 Å². The average molecular weight is 249 g/mol. The van der Waals surface area contributed by atoms with E-state index in [4.69, 9.17) is 15.2 Å². The molecule has 0 radical (unpaired) electrons. The molecule has 2 atom stereocenters. The minimum absolute atomic E-state index is 0.0339. The van der Waals surface area contributed by atoms with Crippen LogP contribution in [0.15, 0.2) is 18.2 Å². The molecule has 0 saturated heterocycles. The van der Waals surface area contributed by atoms with Crippen molar-refractivity contribution in [2.45, 2.75) is 25.3 Å². The molecule has 0 aromatic heterocycles. The minimum atomic E-state index is -0.0917. The fourth-order valence-electron chi connectivity index (χ4n) is 2.52. The molecule has 1 aliphatic rings. The van der Waals surface area contributed by atoms with Crippen LogP contribution >= 0.6 is 0 Å². The second-order valence-corrected chi connectivity index (χ2v) is 4.63. The Kier molecular flexibility index (Phi) is 3.87. The van der Waals surface area contributed by atoms with Crippen molar-refractivity contribution in [3.8, 4) is 11.5 Å². The van der Waals surface area contributed by atoms with Crippen LogP contribution in [0.5, 0.6) is 11.5 Å². The van der Waals surface area contributed by atoms with E-state index in [1.165, 1.54) is 0 Å². The topological polar surface area (TPSA) is 61.5 Å². The summed E-state index contributed by atoms with van der Waals surface area (Å²) in [6.07, 6.45) is 2.80. The maximum absolute atomic E-state index is 12.5. The van der Waals surface area contributed by atoms with Crippen molar-refractivity contribution in [1.82, 2.24) is 0 Å². The smallest absolute Gasteiger partial charge is 0.171 e. The molecule has 0 heterocycles. The van der Waals surface area contributed by atoms with E-state index in [-0.39, 0.29) is 17.7 Å². The first-order valence-corrected chi connectivity index (χ1v) is 6.19. The molecule has 2 N–H and O–H groups in total. The van der Waals surface area contributed by atoms with Gasteiger partial charge in [0.05, 0.1) is 19.8 Å². The van der Waals surface area contributed by atoms with Crippen LogP contribution in [0.4, 0.5) is 0 Å². The fraction of sp³-hybridized carbons (Fsp3) is 0.500. The van der Waals surface area contributed by atoms with E-state index in [0.717, 1.165) is 19.3 Å². The summed E-state index contributed by atoms with van der Waals surface area (Å²) in [4.78, 5) is 12.5. The number of hydrogen-bond acceptors (Lipinski definition) is 4. The maximum Gasteiger partial charge on any atom is 0.171 e. The number of methoxy groups -OCH3 is 2. The van der Waals surface area contributed by atoms with Gasteiger partial charge in [0.1, 0.15) is 11.5 Å². The van der Waals surface area contributed by atoms with Crippen molar-refractivity contribution in [3.05, 3.63) is 23.8 Å². The highest BCUT2D eigenvalue weighted by atomic mass is 16.5. The van der Waals surface area contributed by atoms with Crippen molar-refractivity contribution in [1.29, 1.82) is 0 Å². The van der Waals surface area contributed by atoms with E-state index < -0.39 is 0 Å². The van der Waals surface area contributed by atoms with Crippen LogP contribution in [-0.2, 0) is 0 Å². The van der Waals surface area contributed by atoms with Gasteiger partial charge in [0.15, 0.2) is 5.78 Å². The molecule has 1 aromatic carbocycles. The van der Waals surface area contributed by atoms with Gasteiger partial charge < -0.3 is 15.2 Å². The molecule has 0 spiro atoms. The molecule has 1 aromatic rings. The van der Waals surface area contributed by atoms with Crippen molar-refractivity contribution in [2.75, 3.05) is 14.2 Å². The Hall–Kier alpha value is -1.55. The Labute approximate surface area is 107 Å². The first kappa shape index (κ1) is 12.9. The Morgan fingerprint density at radius 3 is 2.61 bits per heavy atom. The van der Waals surface area contributed by atoms with E-state index in [2.05, 4.69) is 0 Å². The number of rotatable bonds is 4. The molecule has 1 fully saturated rings. The summed E-state index contributed by atoms with van der Waals surface area (Å²) in [6, 6.07) is 5.23. The Balaban J connectivity index is 2.33. The third-order valence-electron chi connectivity index (χ3n) is 3.58. The molecule has 0 bridgehead atoms. The zero-order valence-corrected chi connectivity index (χ0v) is 10.8. The van der Waals surface area contributed by atoms with E-state index in [1.54, 1.807) is 32.4 Å². The first-order valence-electron chi connectivity index (χ1n) is 6.19. The number of hydrogen-bond donors (Lipinski definition) is 1. The molecule has 4 nitrogen and oxygen atoms in total. The molecule has 1 aliphatic carbocycles. The minimum Gasteiger partial charge on any atom is -0.497 e. The Morgan fingerprint density at radius 1 is 1.28 bits per heavy atom. The highest BCUT2D eigenvalue weighted by molar-refractivity contribution is 6.01. The van der Waals surface area contributed by atoms with Crippen molar-refractivity contribution in [3.63, 3.8) is 0 Å². The third-order valence-corrected chi connectivity index (χ3v) is 3.58. The fourth-order valence-corrected chi connectivity index (χ4v) is 2.52. The number of benzene rings is 1. The predicted molar refractivity (Wildman–Crippen MR) is 69.2 cm³/mol. The van der Waals surface area contributed by atoms with Crippen LogP contribution in [0.3, 0.4) is 0 Å². The Morgan fingerprint density at radius 2 is 2.06 bits per heavy atom. The summed E-state index contributed by atoms with van der Waals surface area (Å²) in [7, 11) is 3.14. The molecular formula is C14H19NO3. The van der Waals surface area contributed by atoms with Crippen molar-refractivity contribution in [2.24, 2.45) is 11.7 Å². The van der Waals surface area contributed by atoms with Crippen LogP contribution in [-0.4, -0.2) is 26.0 Å². The molecule has 2 unspecified atom stereocenters. The van der Waals surface area contributed by atoms with Gasteiger partial charge in [0.25, 0.3) is 0 Å². The summed E-state index contributed by atoms with van der Waals surface area (Å²) in [6.45, 7) is 0. The molecule has 18 heavy (non-hydrogen) atoms. The number of carbonyl (C=O) groups excluding carboxylic acids is 1. The van der Waals surface area contributed by atoms with Crippen molar-refractivity contribution >= 4 is 5.78 Å². The van der Waals surface area contributed by atoms with Gasteiger partial charge in [-0.25, -0.2) is 0 Å². The number of ether oxygens (including phenoxy) is 2. The lowest BCUT2D eigenvalue weighted by atomic mass is 9.93. The Bertz CT molecular complexity index is 445. The van der Waals surface area contributed by atoms with E-state index in [0.29, 0.717) is 17.1 Å². The summed E-state index contributed by atoms with van der Waals surface area (Å²) in [5, 5.41) is 0. The zero-order chi connectivity index (χ0) is 13.1. The first-order chi connectivity index (χ1) is 8.67. The molecule has 1 saturated carbocycles. The SMILES string of the molecule is COc1ccc(OC)c(C(=O)C2CCCC2N)c1.